The van der Waals surface area contributed by atoms with E-state index in [2.05, 4.69) is 30.2 Å². The standard InChI is InChI=1S/C13H22N2O/c1-4-11(3)13(16)9-14-8-12-6-5-10(2)7-15-12/h5-7,11,13-14,16H,4,8-9H2,1-3H3. The summed E-state index contributed by atoms with van der Waals surface area (Å²) in [4.78, 5) is 4.30. The highest BCUT2D eigenvalue weighted by Gasteiger charge is 2.11. The zero-order valence-electron chi connectivity index (χ0n) is 10.4. The van der Waals surface area contributed by atoms with Gasteiger partial charge in [-0.1, -0.05) is 26.3 Å². The van der Waals surface area contributed by atoms with Crippen LogP contribution in [0, 0.1) is 12.8 Å². The zero-order valence-corrected chi connectivity index (χ0v) is 10.4. The van der Waals surface area contributed by atoms with E-state index >= 15 is 0 Å². The largest absolute Gasteiger partial charge is 0.392 e. The molecule has 0 aromatic carbocycles. The van der Waals surface area contributed by atoms with Crippen molar-refractivity contribution in [2.45, 2.75) is 39.8 Å². The summed E-state index contributed by atoms with van der Waals surface area (Å²) in [5, 5.41) is 13.0. The van der Waals surface area contributed by atoms with E-state index in [9.17, 15) is 5.11 Å². The summed E-state index contributed by atoms with van der Waals surface area (Å²) in [6.07, 6.45) is 2.60. The Balaban J connectivity index is 2.27. The van der Waals surface area contributed by atoms with E-state index < -0.39 is 0 Å². The minimum atomic E-state index is -0.268. The minimum Gasteiger partial charge on any atom is -0.392 e. The maximum Gasteiger partial charge on any atom is 0.0690 e. The van der Waals surface area contributed by atoms with Gasteiger partial charge in [0.25, 0.3) is 0 Å². The molecule has 0 aliphatic heterocycles. The first kappa shape index (κ1) is 13.1. The second-order valence-electron chi connectivity index (χ2n) is 4.41. The van der Waals surface area contributed by atoms with E-state index in [4.69, 9.17) is 0 Å². The summed E-state index contributed by atoms with van der Waals surface area (Å²) >= 11 is 0. The molecule has 1 aromatic heterocycles. The van der Waals surface area contributed by atoms with Crippen LogP contribution in [0.5, 0.6) is 0 Å². The van der Waals surface area contributed by atoms with Crippen LogP contribution in [0.25, 0.3) is 0 Å². The first-order chi connectivity index (χ1) is 7.63. The smallest absolute Gasteiger partial charge is 0.0690 e. The molecule has 0 spiro atoms. The van der Waals surface area contributed by atoms with E-state index in [1.54, 1.807) is 0 Å². The molecule has 1 rings (SSSR count). The summed E-state index contributed by atoms with van der Waals surface area (Å²) in [6.45, 7) is 7.53. The number of nitrogens with zero attached hydrogens (tertiary/aromatic N) is 1. The van der Waals surface area contributed by atoms with Crippen molar-refractivity contribution in [3.8, 4) is 0 Å². The quantitative estimate of drug-likeness (QED) is 0.772. The third kappa shape index (κ3) is 4.29. The van der Waals surface area contributed by atoms with Crippen molar-refractivity contribution < 1.29 is 5.11 Å². The van der Waals surface area contributed by atoms with E-state index in [0.717, 1.165) is 12.1 Å². The Hall–Kier alpha value is -0.930. The highest BCUT2D eigenvalue weighted by molar-refractivity contribution is 5.11. The number of aliphatic hydroxyl groups is 1. The van der Waals surface area contributed by atoms with Crippen LogP contribution in [0.3, 0.4) is 0 Å². The Kier molecular flexibility index (Phi) is 5.43. The summed E-state index contributed by atoms with van der Waals surface area (Å²) in [7, 11) is 0. The van der Waals surface area contributed by atoms with Gasteiger partial charge in [-0.3, -0.25) is 4.98 Å². The lowest BCUT2D eigenvalue weighted by molar-refractivity contribution is 0.112. The van der Waals surface area contributed by atoms with Gasteiger partial charge in [0.2, 0.25) is 0 Å². The van der Waals surface area contributed by atoms with E-state index in [1.165, 1.54) is 5.56 Å². The Morgan fingerprint density at radius 3 is 2.75 bits per heavy atom. The molecule has 0 saturated carbocycles. The first-order valence-electron chi connectivity index (χ1n) is 5.93. The Bertz CT molecular complexity index is 297. The summed E-state index contributed by atoms with van der Waals surface area (Å²) < 4.78 is 0. The highest BCUT2D eigenvalue weighted by Crippen LogP contribution is 2.06. The van der Waals surface area contributed by atoms with Crippen LogP contribution >= 0.6 is 0 Å². The van der Waals surface area contributed by atoms with Gasteiger partial charge in [0.15, 0.2) is 0 Å². The Morgan fingerprint density at radius 1 is 1.44 bits per heavy atom. The van der Waals surface area contributed by atoms with Gasteiger partial charge in [-0.2, -0.15) is 0 Å². The molecule has 0 aliphatic carbocycles. The normalized spacial score (nSPS) is 14.8. The van der Waals surface area contributed by atoms with Crippen molar-refractivity contribution >= 4 is 0 Å². The SMILES string of the molecule is CCC(C)C(O)CNCc1ccc(C)cn1. The van der Waals surface area contributed by atoms with Crippen LogP contribution in [0.1, 0.15) is 31.5 Å². The second kappa shape index (κ2) is 6.61. The predicted molar refractivity (Wildman–Crippen MR) is 66.1 cm³/mol. The number of hydrogen-bond donors (Lipinski definition) is 2. The van der Waals surface area contributed by atoms with Crippen molar-refractivity contribution in [2.75, 3.05) is 6.54 Å². The van der Waals surface area contributed by atoms with Crippen LogP contribution in [0.4, 0.5) is 0 Å². The Morgan fingerprint density at radius 2 is 2.19 bits per heavy atom. The van der Waals surface area contributed by atoms with E-state index in [-0.39, 0.29) is 6.10 Å². The molecule has 2 unspecified atom stereocenters. The molecule has 0 fully saturated rings. The lowest BCUT2D eigenvalue weighted by atomic mass is 10.0. The third-order valence-corrected chi connectivity index (χ3v) is 2.93. The summed E-state index contributed by atoms with van der Waals surface area (Å²) in [5.74, 6) is 0.346. The van der Waals surface area contributed by atoms with Crippen LogP contribution < -0.4 is 5.32 Å². The first-order valence-corrected chi connectivity index (χ1v) is 5.93. The monoisotopic (exact) mass is 222 g/mol. The van der Waals surface area contributed by atoms with Crippen LogP contribution in [-0.4, -0.2) is 22.7 Å². The molecule has 0 aliphatic rings. The number of nitrogens with one attached hydrogen (secondary N) is 1. The van der Waals surface area contributed by atoms with E-state index in [0.29, 0.717) is 19.0 Å². The van der Waals surface area contributed by atoms with Crippen molar-refractivity contribution in [1.29, 1.82) is 0 Å². The van der Waals surface area contributed by atoms with Gasteiger partial charge in [-0.15, -0.1) is 0 Å². The maximum atomic E-state index is 9.76. The van der Waals surface area contributed by atoms with E-state index in [1.807, 2.05) is 19.2 Å². The van der Waals surface area contributed by atoms with Crippen molar-refractivity contribution in [1.82, 2.24) is 10.3 Å². The molecule has 0 amide bonds. The van der Waals surface area contributed by atoms with Gasteiger partial charge in [0.1, 0.15) is 0 Å². The van der Waals surface area contributed by atoms with Gasteiger partial charge in [-0.05, 0) is 24.5 Å². The van der Waals surface area contributed by atoms with Crippen LogP contribution in [-0.2, 0) is 6.54 Å². The average molecular weight is 222 g/mol. The molecular formula is C13H22N2O. The number of hydrogen-bond acceptors (Lipinski definition) is 3. The molecule has 3 heteroatoms. The molecule has 2 atom stereocenters. The fourth-order valence-corrected chi connectivity index (χ4v) is 1.42. The fraction of sp³-hybridized carbons (Fsp3) is 0.615. The summed E-state index contributed by atoms with van der Waals surface area (Å²) in [5.41, 5.74) is 2.19. The lowest BCUT2D eigenvalue weighted by Crippen LogP contribution is -2.31. The number of rotatable bonds is 6. The molecule has 0 radical (unpaired) electrons. The fourth-order valence-electron chi connectivity index (χ4n) is 1.42. The van der Waals surface area contributed by atoms with Gasteiger partial charge in [-0.25, -0.2) is 0 Å². The van der Waals surface area contributed by atoms with Crippen molar-refractivity contribution in [2.24, 2.45) is 5.92 Å². The van der Waals surface area contributed by atoms with Crippen LogP contribution in [0.2, 0.25) is 0 Å². The topological polar surface area (TPSA) is 45.1 Å². The van der Waals surface area contributed by atoms with Gasteiger partial charge in [0.05, 0.1) is 11.8 Å². The molecule has 16 heavy (non-hydrogen) atoms. The molecule has 0 bridgehead atoms. The van der Waals surface area contributed by atoms with Gasteiger partial charge >= 0.3 is 0 Å². The molecule has 0 saturated heterocycles. The van der Waals surface area contributed by atoms with Crippen molar-refractivity contribution in [3.63, 3.8) is 0 Å². The second-order valence-corrected chi connectivity index (χ2v) is 4.41. The predicted octanol–water partition coefficient (Wildman–Crippen LogP) is 1.89. The number of aryl methyl sites for hydroxylation is 1. The van der Waals surface area contributed by atoms with Gasteiger partial charge < -0.3 is 10.4 Å². The number of pyridine rings is 1. The number of aliphatic hydroxyl groups excluding tert-OH is 1. The van der Waals surface area contributed by atoms with Crippen LogP contribution in [0.15, 0.2) is 18.3 Å². The number of aromatic nitrogens is 1. The molecule has 1 aromatic rings. The highest BCUT2D eigenvalue weighted by atomic mass is 16.3. The molecule has 1 heterocycles. The Labute approximate surface area is 97.9 Å². The summed E-state index contributed by atoms with van der Waals surface area (Å²) in [6, 6.07) is 4.06. The van der Waals surface area contributed by atoms with Crippen molar-refractivity contribution in [3.05, 3.63) is 29.6 Å². The minimum absolute atomic E-state index is 0.268. The molecule has 90 valence electrons. The van der Waals surface area contributed by atoms with Gasteiger partial charge in [0, 0.05) is 19.3 Å². The zero-order chi connectivity index (χ0) is 12.0. The lowest BCUT2D eigenvalue weighted by Gasteiger charge is -2.17. The molecule has 3 nitrogen and oxygen atoms in total. The third-order valence-electron chi connectivity index (χ3n) is 2.93. The molecular weight excluding hydrogens is 200 g/mol. The maximum absolute atomic E-state index is 9.76. The average Bonchev–Trinajstić information content (AvgIpc) is 2.30. The molecule has 2 N–H and O–H groups in total.